The van der Waals surface area contributed by atoms with E-state index in [1.54, 1.807) is 11.3 Å². The Balaban J connectivity index is 1.72. The summed E-state index contributed by atoms with van der Waals surface area (Å²) in [5.41, 5.74) is 1.82. The highest BCUT2D eigenvalue weighted by atomic mass is 32.1. The smallest absolute Gasteiger partial charge is 0.158 e. The van der Waals surface area contributed by atoms with Crippen LogP contribution in [0.15, 0.2) is 11.7 Å². The van der Waals surface area contributed by atoms with Crippen LogP contribution >= 0.6 is 11.3 Å². The molecule has 1 aliphatic rings. The minimum atomic E-state index is 0.0100. The van der Waals surface area contributed by atoms with Gasteiger partial charge in [0.2, 0.25) is 0 Å². The van der Waals surface area contributed by atoms with Crippen LogP contribution in [0.25, 0.3) is 0 Å². The molecule has 1 atom stereocenters. The van der Waals surface area contributed by atoms with Gasteiger partial charge < -0.3 is 9.47 Å². The molecule has 4 heteroatoms. The summed E-state index contributed by atoms with van der Waals surface area (Å²) >= 11 is 1.62. The van der Waals surface area contributed by atoms with Crippen molar-refractivity contribution in [1.29, 1.82) is 0 Å². The van der Waals surface area contributed by atoms with Crippen molar-refractivity contribution in [1.82, 2.24) is 4.98 Å². The van der Waals surface area contributed by atoms with E-state index in [-0.39, 0.29) is 6.29 Å². The highest BCUT2D eigenvalue weighted by Gasteiger charge is 2.13. The largest absolute Gasteiger partial charge is 0.353 e. The van der Waals surface area contributed by atoms with Crippen LogP contribution in [0.4, 0.5) is 0 Å². The molecule has 0 radical (unpaired) electrons. The predicted molar refractivity (Wildman–Crippen MR) is 50.5 cm³/mol. The van der Waals surface area contributed by atoms with Crippen LogP contribution in [0.3, 0.4) is 0 Å². The zero-order valence-electron chi connectivity index (χ0n) is 7.44. The Morgan fingerprint density at radius 1 is 1.62 bits per heavy atom. The molecule has 2 rings (SSSR count). The minimum absolute atomic E-state index is 0.0100. The van der Waals surface area contributed by atoms with Gasteiger partial charge in [0, 0.05) is 12.8 Å². The van der Waals surface area contributed by atoms with E-state index >= 15 is 0 Å². The second kappa shape index (κ2) is 4.69. The second-order valence-corrected chi connectivity index (χ2v) is 4.05. The Labute approximate surface area is 81.7 Å². The third kappa shape index (κ3) is 2.76. The molecule has 2 heterocycles. The number of hydrogen-bond donors (Lipinski definition) is 0. The molecular formula is C9H13NO2S. The molecule has 1 saturated heterocycles. The van der Waals surface area contributed by atoms with Gasteiger partial charge >= 0.3 is 0 Å². The fourth-order valence-corrected chi connectivity index (χ4v) is 1.85. The minimum Gasteiger partial charge on any atom is -0.353 e. The quantitative estimate of drug-likeness (QED) is 0.747. The van der Waals surface area contributed by atoms with Gasteiger partial charge in [0.15, 0.2) is 6.29 Å². The van der Waals surface area contributed by atoms with Crippen molar-refractivity contribution >= 4 is 11.3 Å². The van der Waals surface area contributed by atoms with Crippen molar-refractivity contribution < 1.29 is 9.47 Å². The summed E-state index contributed by atoms with van der Waals surface area (Å²) in [5, 5.41) is 0. The van der Waals surface area contributed by atoms with E-state index in [2.05, 4.69) is 4.98 Å². The van der Waals surface area contributed by atoms with Crippen LogP contribution in [0.1, 0.15) is 24.1 Å². The van der Waals surface area contributed by atoms with Crippen LogP contribution in [-0.2, 0) is 16.1 Å². The fourth-order valence-electron chi connectivity index (χ4n) is 1.33. The first-order chi connectivity index (χ1) is 6.45. The SMILES string of the molecule is c1ncc(COC2CCCCO2)s1. The van der Waals surface area contributed by atoms with Crippen molar-refractivity contribution in [2.75, 3.05) is 6.61 Å². The van der Waals surface area contributed by atoms with Crippen molar-refractivity contribution in [3.8, 4) is 0 Å². The van der Waals surface area contributed by atoms with Crippen LogP contribution in [0.5, 0.6) is 0 Å². The van der Waals surface area contributed by atoms with E-state index in [0.29, 0.717) is 6.61 Å². The summed E-state index contributed by atoms with van der Waals surface area (Å²) in [4.78, 5) is 5.14. The maximum atomic E-state index is 5.58. The molecule has 0 aromatic carbocycles. The van der Waals surface area contributed by atoms with Crippen molar-refractivity contribution in [3.05, 3.63) is 16.6 Å². The Bertz CT molecular complexity index is 232. The summed E-state index contributed by atoms with van der Waals surface area (Å²) < 4.78 is 11.0. The molecular weight excluding hydrogens is 186 g/mol. The van der Waals surface area contributed by atoms with Gasteiger partial charge in [0.1, 0.15) is 0 Å². The van der Waals surface area contributed by atoms with E-state index in [0.717, 1.165) is 17.9 Å². The van der Waals surface area contributed by atoms with Crippen molar-refractivity contribution in [2.45, 2.75) is 32.2 Å². The number of nitrogens with zero attached hydrogens (tertiary/aromatic N) is 1. The fraction of sp³-hybridized carbons (Fsp3) is 0.667. The summed E-state index contributed by atoms with van der Waals surface area (Å²) in [7, 11) is 0. The zero-order valence-corrected chi connectivity index (χ0v) is 8.26. The lowest BCUT2D eigenvalue weighted by atomic mass is 10.2. The first-order valence-electron chi connectivity index (χ1n) is 4.56. The first kappa shape index (κ1) is 9.12. The third-order valence-corrected chi connectivity index (χ3v) is 2.79. The molecule has 1 fully saturated rings. The van der Waals surface area contributed by atoms with Crippen LogP contribution < -0.4 is 0 Å². The molecule has 1 unspecified atom stereocenters. The standard InChI is InChI=1S/C9H13NO2S/c1-2-4-11-9(3-1)12-6-8-5-10-7-13-8/h5,7,9H,1-4,6H2. The molecule has 13 heavy (non-hydrogen) atoms. The van der Waals surface area contributed by atoms with E-state index in [4.69, 9.17) is 9.47 Å². The maximum Gasteiger partial charge on any atom is 0.158 e. The lowest BCUT2D eigenvalue weighted by Crippen LogP contribution is -2.21. The monoisotopic (exact) mass is 199 g/mol. The average Bonchev–Trinajstić information content (AvgIpc) is 2.69. The zero-order chi connectivity index (χ0) is 8.93. The lowest BCUT2D eigenvalue weighted by molar-refractivity contribution is -0.168. The highest BCUT2D eigenvalue weighted by molar-refractivity contribution is 7.09. The van der Waals surface area contributed by atoms with Crippen LogP contribution in [0.2, 0.25) is 0 Å². The Hall–Kier alpha value is -0.450. The predicted octanol–water partition coefficient (Wildman–Crippen LogP) is 2.19. The summed E-state index contributed by atoms with van der Waals surface area (Å²) in [6, 6.07) is 0. The molecule has 1 aliphatic heterocycles. The Kier molecular flexibility index (Phi) is 3.29. The molecule has 72 valence electrons. The van der Waals surface area contributed by atoms with Crippen molar-refractivity contribution in [3.63, 3.8) is 0 Å². The van der Waals surface area contributed by atoms with E-state index in [1.165, 1.54) is 12.8 Å². The number of aromatic nitrogens is 1. The van der Waals surface area contributed by atoms with Gasteiger partial charge in [-0.3, -0.25) is 4.98 Å². The lowest BCUT2D eigenvalue weighted by Gasteiger charge is -2.22. The van der Waals surface area contributed by atoms with Crippen LogP contribution in [0, 0.1) is 0 Å². The molecule has 0 bridgehead atoms. The normalized spacial score (nSPS) is 23.2. The second-order valence-electron chi connectivity index (χ2n) is 3.07. The van der Waals surface area contributed by atoms with Gasteiger partial charge in [-0.25, -0.2) is 0 Å². The summed E-state index contributed by atoms with van der Waals surface area (Å²) in [5.74, 6) is 0. The van der Waals surface area contributed by atoms with Gasteiger partial charge in [-0.15, -0.1) is 11.3 Å². The average molecular weight is 199 g/mol. The first-order valence-corrected chi connectivity index (χ1v) is 5.44. The molecule has 1 aromatic heterocycles. The molecule has 0 aliphatic carbocycles. The number of hydrogen-bond acceptors (Lipinski definition) is 4. The molecule has 0 amide bonds. The number of ether oxygens (including phenoxy) is 2. The molecule has 0 spiro atoms. The molecule has 1 aromatic rings. The Morgan fingerprint density at radius 3 is 3.31 bits per heavy atom. The van der Waals surface area contributed by atoms with E-state index < -0.39 is 0 Å². The highest BCUT2D eigenvalue weighted by Crippen LogP contribution is 2.16. The summed E-state index contributed by atoms with van der Waals surface area (Å²) in [6.45, 7) is 1.47. The summed E-state index contributed by atoms with van der Waals surface area (Å²) in [6.07, 6.45) is 5.26. The number of rotatable bonds is 3. The van der Waals surface area contributed by atoms with Gasteiger partial charge in [-0.2, -0.15) is 0 Å². The van der Waals surface area contributed by atoms with Gasteiger partial charge in [-0.1, -0.05) is 0 Å². The van der Waals surface area contributed by atoms with E-state index in [9.17, 15) is 0 Å². The molecule has 0 saturated carbocycles. The Morgan fingerprint density at radius 2 is 2.62 bits per heavy atom. The van der Waals surface area contributed by atoms with Gasteiger partial charge in [0.05, 0.1) is 17.0 Å². The van der Waals surface area contributed by atoms with Crippen LogP contribution in [-0.4, -0.2) is 17.9 Å². The van der Waals surface area contributed by atoms with Gasteiger partial charge in [0.25, 0.3) is 0 Å². The molecule has 0 N–H and O–H groups in total. The topological polar surface area (TPSA) is 31.4 Å². The maximum absolute atomic E-state index is 5.58. The number of thiazole rings is 1. The molecule has 3 nitrogen and oxygen atoms in total. The third-order valence-electron chi connectivity index (χ3n) is 2.03. The van der Waals surface area contributed by atoms with Gasteiger partial charge in [-0.05, 0) is 19.3 Å². The van der Waals surface area contributed by atoms with Crippen molar-refractivity contribution in [2.24, 2.45) is 0 Å². The van der Waals surface area contributed by atoms with E-state index in [1.807, 2.05) is 11.7 Å².